The average Bonchev–Trinajstić information content (AvgIpc) is 2.43. The lowest BCUT2D eigenvalue weighted by molar-refractivity contribution is -0.134. The molecule has 0 aromatic heterocycles. The van der Waals surface area contributed by atoms with Crippen molar-refractivity contribution in [2.45, 2.75) is 58.8 Å². The van der Waals surface area contributed by atoms with Crippen LogP contribution in [0, 0.1) is 0 Å². The highest BCUT2D eigenvalue weighted by molar-refractivity contribution is 5.78. The fraction of sp³-hybridized carbons (Fsp3) is 0.867. The van der Waals surface area contributed by atoms with E-state index < -0.39 is 0 Å². The summed E-state index contributed by atoms with van der Waals surface area (Å²) in [5.41, 5.74) is 0. The summed E-state index contributed by atoms with van der Waals surface area (Å²) >= 11 is 0. The van der Waals surface area contributed by atoms with E-state index in [1.807, 2.05) is 9.80 Å². The van der Waals surface area contributed by atoms with Gasteiger partial charge in [0.05, 0.1) is 0 Å². The van der Waals surface area contributed by atoms with Crippen LogP contribution in [0.3, 0.4) is 0 Å². The number of hydrogen-bond acceptors (Lipinski definition) is 2. The van der Waals surface area contributed by atoms with E-state index in [0.717, 1.165) is 51.7 Å². The second-order valence-corrected chi connectivity index (χ2v) is 5.40. The fourth-order valence-corrected chi connectivity index (χ4v) is 2.51. The molecule has 4 nitrogen and oxygen atoms in total. The highest BCUT2D eigenvalue weighted by Crippen LogP contribution is 2.10. The Bertz CT molecular complexity index is 286. The Balaban J connectivity index is 2.29. The molecule has 0 saturated carbocycles. The van der Waals surface area contributed by atoms with Crippen molar-refractivity contribution in [3.8, 4) is 0 Å². The number of carbonyl (C=O) groups excluding carboxylic acids is 2. The van der Waals surface area contributed by atoms with Gasteiger partial charge in [0.25, 0.3) is 0 Å². The van der Waals surface area contributed by atoms with E-state index in [1.54, 1.807) is 6.92 Å². The number of piperidine rings is 1. The SMILES string of the molecule is CCCCCN(CCC(=O)N1CCCCC1)C(C)=O. The zero-order valence-electron chi connectivity index (χ0n) is 12.5. The topological polar surface area (TPSA) is 40.6 Å². The van der Waals surface area contributed by atoms with Crippen molar-refractivity contribution in [2.75, 3.05) is 26.2 Å². The number of hydrogen-bond donors (Lipinski definition) is 0. The highest BCUT2D eigenvalue weighted by Gasteiger charge is 2.17. The van der Waals surface area contributed by atoms with E-state index in [-0.39, 0.29) is 11.8 Å². The summed E-state index contributed by atoms with van der Waals surface area (Å²) in [7, 11) is 0. The number of rotatable bonds is 7. The summed E-state index contributed by atoms with van der Waals surface area (Å²) in [5, 5.41) is 0. The van der Waals surface area contributed by atoms with Crippen LogP contribution in [0.15, 0.2) is 0 Å². The van der Waals surface area contributed by atoms with Gasteiger partial charge >= 0.3 is 0 Å². The van der Waals surface area contributed by atoms with Crippen LogP contribution < -0.4 is 0 Å². The number of unbranched alkanes of at least 4 members (excludes halogenated alkanes) is 2. The first-order chi connectivity index (χ1) is 9.15. The van der Waals surface area contributed by atoms with E-state index in [9.17, 15) is 9.59 Å². The van der Waals surface area contributed by atoms with E-state index >= 15 is 0 Å². The molecule has 1 aliphatic heterocycles. The summed E-state index contributed by atoms with van der Waals surface area (Å²) < 4.78 is 0. The van der Waals surface area contributed by atoms with E-state index in [4.69, 9.17) is 0 Å². The summed E-state index contributed by atoms with van der Waals surface area (Å²) in [6.07, 6.45) is 7.29. The standard InChI is InChI=1S/C15H28N2O2/c1-3-4-6-10-16(14(2)18)13-9-15(19)17-11-7-5-8-12-17/h3-13H2,1-2H3. The van der Waals surface area contributed by atoms with Gasteiger partial charge in [-0.2, -0.15) is 0 Å². The molecule has 4 heteroatoms. The third-order valence-corrected chi connectivity index (χ3v) is 3.78. The van der Waals surface area contributed by atoms with Crippen molar-refractivity contribution in [3.63, 3.8) is 0 Å². The summed E-state index contributed by atoms with van der Waals surface area (Å²) in [6.45, 7) is 6.91. The Morgan fingerprint density at radius 3 is 2.32 bits per heavy atom. The normalized spacial score (nSPS) is 15.4. The molecule has 2 amide bonds. The molecule has 0 N–H and O–H groups in total. The molecule has 1 rings (SSSR count). The molecule has 19 heavy (non-hydrogen) atoms. The predicted molar refractivity (Wildman–Crippen MR) is 76.8 cm³/mol. The van der Waals surface area contributed by atoms with Crippen molar-refractivity contribution in [3.05, 3.63) is 0 Å². The minimum absolute atomic E-state index is 0.0857. The number of carbonyl (C=O) groups is 2. The number of likely N-dealkylation sites (tertiary alicyclic amines) is 1. The maximum absolute atomic E-state index is 12.0. The fourth-order valence-electron chi connectivity index (χ4n) is 2.51. The Labute approximate surface area is 117 Å². The van der Waals surface area contributed by atoms with Gasteiger partial charge in [-0.3, -0.25) is 9.59 Å². The minimum Gasteiger partial charge on any atom is -0.343 e. The first kappa shape index (κ1) is 16.0. The average molecular weight is 268 g/mol. The summed E-state index contributed by atoms with van der Waals surface area (Å²) in [6, 6.07) is 0. The zero-order chi connectivity index (χ0) is 14.1. The highest BCUT2D eigenvalue weighted by atomic mass is 16.2. The van der Waals surface area contributed by atoms with Crippen LogP contribution >= 0.6 is 0 Å². The van der Waals surface area contributed by atoms with Gasteiger partial charge in [0.1, 0.15) is 0 Å². The Hall–Kier alpha value is -1.06. The van der Waals surface area contributed by atoms with Crippen LogP contribution in [-0.2, 0) is 9.59 Å². The lowest BCUT2D eigenvalue weighted by atomic mass is 10.1. The van der Waals surface area contributed by atoms with E-state index in [2.05, 4.69) is 6.92 Å². The molecule has 0 aliphatic carbocycles. The van der Waals surface area contributed by atoms with Crippen LogP contribution in [0.5, 0.6) is 0 Å². The van der Waals surface area contributed by atoms with Crippen molar-refractivity contribution in [1.82, 2.24) is 9.80 Å². The predicted octanol–water partition coefficient (Wildman–Crippen LogP) is 2.43. The quantitative estimate of drug-likeness (QED) is 0.665. The molecule has 0 spiro atoms. The van der Waals surface area contributed by atoms with Crippen molar-refractivity contribution in [1.29, 1.82) is 0 Å². The minimum atomic E-state index is 0.0857. The summed E-state index contributed by atoms with van der Waals surface area (Å²) in [5.74, 6) is 0.295. The Morgan fingerprint density at radius 1 is 1.05 bits per heavy atom. The Kier molecular flexibility index (Phi) is 7.53. The molecule has 1 heterocycles. The smallest absolute Gasteiger partial charge is 0.224 e. The zero-order valence-corrected chi connectivity index (χ0v) is 12.5. The van der Waals surface area contributed by atoms with Crippen LogP contribution in [0.1, 0.15) is 58.8 Å². The molecule has 0 atom stereocenters. The van der Waals surface area contributed by atoms with Crippen LogP contribution in [-0.4, -0.2) is 47.8 Å². The maximum Gasteiger partial charge on any atom is 0.224 e. The molecule has 110 valence electrons. The van der Waals surface area contributed by atoms with Crippen LogP contribution in [0.25, 0.3) is 0 Å². The lowest BCUT2D eigenvalue weighted by Crippen LogP contribution is -2.39. The van der Waals surface area contributed by atoms with E-state index in [0.29, 0.717) is 13.0 Å². The molecule has 1 aliphatic rings. The molecule has 0 bridgehead atoms. The second kappa shape index (κ2) is 8.94. The van der Waals surface area contributed by atoms with Crippen molar-refractivity contribution >= 4 is 11.8 Å². The van der Waals surface area contributed by atoms with E-state index in [1.165, 1.54) is 6.42 Å². The monoisotopic (exact) mass is 268 g/mol. The van der Waals surface area contributed by atoms with Gasteiger partial charge < -0.3 is 9.80 Å². The van der Waals surface area contributed by atoms with Gasteiger partial charge in [0.2, 0.25) is 11.8 Å². The molecule has 1 saturated heterocycles. The van der Waals surface area contributed by atoms with Gasteiger partial charge in [0, 0.05) is 39.5 Å². The molecule has 0 unspecified atom stereocenters. The first-order valence-electron chi connectivity index (χ1n) is 7.68. The molecule has 0 radical (unpaired) electrons. The summed E-state index contributed by atoms with van der Waals surface area (Å²) in [4.78, 5) is 27.3. The molecule has 1 fully saturated rings. The Morgan fingerprint density at radius 2 is 1.74 bits per heavy atom. The van der Waals surface area contributed by atoms with Gasteiger partial charge in [-0.05, 0) is 25.7 Å². The number of amides is 2. The van der Waals surface area contributed by atoms with Gasteiger partial charge in [-0.15, -0.1) is 0 Å². The molecular weight excluding hydrogens is 240 g/mol. The van der Waals surface area contributed by atoms with Crippen LogP contribution in [0.2, 0.25) is 0 Å². The van der Waals surface area contributed by atoms with Crippen molar-refractivity contribution in [2.24, 2.45) is 0 Å². The first-order valence-corrected chi connectivity index (χ1v) is 7.68. The maximum atomic E-state index is 12.0. The third-order valence-electron chi connectivity index (χ3n) is 3.78. The third kappa shape index (κ3) is 6.08. The van der Waals surface area contributed by atoms with Gasteiger partial charge in [-0.1, -0.05) is 19.8 Å². The number of nitrogens with zero attached hydrogens (tertiary/aromatic N) is 2. The molecule has 0 aromatic carbocycles. The van der Waals surface area contributed by atoms with Crippen molar-refractivity contribution < 1.29 is 9.59 Å². The molecule has 0 aromatic rings. The van der Waals surface area contributed by atoms with Gasteiger partial charge in [0.15, 0.2) is 0 Å². The second-order valence-electron chi connectivity index (χ2n) is 5.40. The van der Waals surface area contributed by atoms with Gasteiger partial charge in [-0.25, -0.2) is 0 Å². The lowest BCUT2D eigenvalue weighted by Gasteiger charge is -2.28. The molecular formula is C15H28N2O2. The van der Waals surface area contributed by atoms with Crippen LogP contribution in [0.4, 0.5) is 0 Å². The largest absolute Gasteiger partial charge is 0.343 e.